The molecule has 0 saturated carbocycles. The molecule has 24 heavy (non-hydrogen) atoms. The second kappa shape index (κ2) is 8.15. The standard InChI is InChI=1S/C17H22ClN3O3/c1-12(2)16(23)17(24)19-11-15(22)21-9-7-20(8-10-21)14-5-3-13(18)4-6-14/h3-6,12H,7-11H2,1-2H3,(H,19,24). The quantitative estimate of drug-likeness (QED) is 0.812. The average molecular weight is 352 g/mol. The molecule has 0 aliphatic carbocycles. The number of benzene rings is 1. The van der Waals surface area contributed by atoms with Crippen LogP contribution >= 0.6 is 11.6 Å². The van der Waals surface area contributed by atoms with Crippen LogP contribution in [0.3, 0.4) is 0 Å². The Labute approximate surface area is 146 Å². The fourth-order valence-electron chi connectivity index (χ4n) is 2.48. The lowest BCUT2D eigenvalue weighted by Crippen LogP contribution is -2.51. The molecule has 0 unspecified atom stereocenters. The number of rotatable bonds is 5. The van der Waals surface area contributed by atoms with Crippen LogP contribution < -0.4 is 10.2 Å². The van der Waals surface area contributed by atoms with E-state index in [1.165, 1.54) is 0 Å². The minimum Gasteiger partial charge on any atom is -0.368 e. The van der Waals surface area contributed by atoms with Crippen molar-refractivity contribution in [3.8, 4) is 0 Å². The lowest BCUT2D eigenvalue weighted by Gasteiger charge is -2.36. The fraction of sp³-hybridized carbons (Fsp3) is 0.471. The Balaban J connectivity index is 1.79. The number of carbonyl (C=O) groups excluding carboxylic acids is 3. The third kappa shape index (κ3) is 4.71. The largest absolute Gasteiger partial charge is 0.368 e. The molecule has 7 heteroatoms. The summed E-state index contributed by atoms with van der Waals surface area (Å²) in [4.78, 5) is 39.1. The van der Waals surface area contributed by atoms with E-state index < -0.39 is 11.7 Å². The van der Waals surface area contributed by atoms with Crippen molar-refractivity contribution in [1.82, 2.24) is 10.2 Å². The first-order chi connectivity index (χ1) is 11.4. The molecule has 1 N–H and O–H groups in total. The first kappa shape index (κ1) is 18.3. The highest BCUT2D eigenvalue weighted by Gasteiger charge is 2.23. The van der Waals surface area contributed by atoms with Gasteiger partial charge in [0.25, 0.3) is 5.91 Å². The van der Waals surface area contributed by atoms with E-state index in [0.29, 0.717) is 31.2 Å². The highest BCUT2D eigenvalue weighted by molar-refractivity contribution is 6.37. The number of nitrogens with zero attached hydrogens (tertiary/aromatic N) is 2. The summed E-state index contributed by atoms with van der Waals surface area (Å²) in [7, 11) is 0. The van der Waals surface area contributed by atoms with Gasteiger partial charge < -0.3 is 15.1 Å². The minimum absolute atomic E-state index is 0.141. The summed E-state index contributed by atoms with van der Waals surface area (Å²) in [6.45, 7) is 5.75. The summed E-state index contributed by atoms with van der Waals surface area (Å²) in [5, 5.41) is 3.10. The van der Waals surface area contributed by atoms with E-state index in [-0.39, 0.29) is 18.4 Å². The van der Waals surface area contributed by atoms with Crippen LogP contribution in [-0.2, 0) is 14.4 Å². The van der Waals surface area contributed by atoms with E-state index in [4.69, 9.17) is 11.6 Å². The maximum atomic E-state index is 12.1. The molecule has 0 spiro atoms. The van der Waals surface area contributed by atoms with E-state index in [9.17, 15) is 14.4 Å². The van der Waals surface area contributed by atoms with Gasteiger partial charge in [-0.15, -0.1) is 0 Å². The van der Waals surface area contributed by atoms with Gasteiger partial charge in [-0.25, -0.2) is 0 Å². The first-order valence-electron chi connectivity index (χ1n) is 7.99. The Kier molecular flexibility index (Phi) is 6.20. The SMILES string of the molecule is CC(C)C(=O)C(=O)NCC(=O)N1CCN(c2ccc(Cl)cc2)CC1. The number of piperazine rings is 1. The summed E-state index contributed by atoms with van der Waals surface area (Å²) in [5.74, 6) is -1.74. The second-order valence-corrected chi connectivity index (χ2v) is 6.48. The second-order valence-electron chi connectivity index (χ2n) is 6.05. The number of anilines is 1. The Morgan fingerprint density at radius 1 is 1.08 bits per heavy atom. The molecule has 1 heterocycles. The van der Waals surface area contributed by atoms with Crippen LogP contribution in [0, 0.1) is 5.92 Å². The molecule has 1 aromatic carbocycles. The van der Waals surface area contributed by atoms with Gasteiger partial charge in [-0.1, -0.05) is 25.4 Å². The van der Waals surface area contributed by atoms with Crippen molar-refractivity contribution in [1.29, 1.82) is 0 Å². The number of carbonyl (C=O) groups is 3. The lowest BCUT2D eigenvalue weighted by atomic mass is 10.1. The van der Waals surface area contributed by atoms with Crippen LogP contribution in [0.25, 0.3) is 0 Å². The van der Waals surface area contributed by atoms with Gasteiger partial charge >= 0.3 is 0 Å². The van der Waals surface area contributed by atoms with Crippen LogP contribution in [0.5, 0.6) is 0 Å². The molecule has 0 bridgehead atoms. The number of hydrogen-bond acceptors (Lipinski definition) is 4. The molecule has 1 aliphatic heterocycles. The fourth-order valence-corrected chi connectivity index (χ4v) is 2.61. The Morgan fingerprint density at radius 3 is 2.21 bits per heavy atom. The number of ketones is 1. The van der Waals surface area contributed by atoms with Crippen LogP contribution in [0.15, 0.2) is 24.3 Å². The summed E-state index contributed by atoms with van der Waals surface area (Å²) >= 11 is 5.89. The number of hydrogen-bond donors (Lipinski definition) is 1. The van der Waals surface area contributed by atoms with Crippen molar-refractivity contribution in [2.45, 2.75) is 13.8 Å². The van der Waals surface area contributed by atoms with Crippen LogP contribution in [0.4, 0.5) is 5.69 Å². The van der Waals surface area contributed by atoms with Crippen LogP contribution in [0.1, 0.15) is 13.8 Å². The zero-order valence-corrected chi connectivity index (χ0v) is 14.7. The van der Waals surface area contributed by atoms with Crippen molar-refractivity contribution in [2.24, 2.45) is 5.92 Å². The molecule has 1 aromatic rings. The highest BCUT2D eigenvalue weighted by Crippen LogP contribution is 2.19. The third-order valence-electron chi connectivity index (χ3n) is 3.97. The topological polar surface area (TPSA) is 69.7 Å². The van der Waals surface area contributed by atoms with E-state index in [0.717, 1.165) is 5.69 Å². The normalized spacial score (nSPS) is 14.7. The van der Waals surface area contributed by atoms with Crippen LogP contribution in [-0.4, -0.2) is 55.2 Å². The van der Waals surface area contributed by atoms with E-state index in [1.54, 1.807) is 18.7 Å². The monoisotopic (exact) mass is 351 g/mol. The summed E-state index contributed by atoms with van der Waals surface area (Å²) < 4.78 is 0. The predicted molar refractivity (Wildman–Crippen MR) is 93.1 cm³/mol. The maximum absolute atomic E-state index is 12.1. The number of halogens is 1. The van der Waals surface area contributed by atoms with E-state index in [2.05, 4.69) is 10.2 Å². The number of amides is 2. The molecule has 1 aliphatic rings. The molecule has 6 nitrogen and oxygen atoms in total. The highest BCUT2D eigenvalue weighted by atomic mass is 35.5. The van der Waals surface area contributed by atoms with E-state index >= 15 is 0 Å². The zero-order valence-electron chi connectivity index (χ0n) is 13.9. The van der Waals surface area contributed by atoms with Crippen molar-refractivity contribution >= 4 is 34.9 Å². The number of nitrogens with one attached hydrogen (secondary N) is 1. The van der Waals surface area contributed by atoms with E-state index in [1.807, 2.05) is 24.3 Å². The summed E-state index contributed by atoms with van der Waals surface area (Å²) in [6.07, 6.45) is 0. The van der Waals surface area contributed by atoms with Gasteiger partial charge in [-0.3, -0.25) is 14.4 Å². The molecular formula is C17H22ClN3O3. The Morgan fingerprint density at radius 2 is 1.67 bits per heavy atom. The van der Waals surface area contributed by atoms with Crippen molar-refractivity contribution in [3.63, 3.8) is 0 Å². The van der Waals surface area contributed by atoms with Gasteiger partial charge in [0.2, 0.25) is 11.7 Å². The molecule has 0 aromatic heterocycles. The third-order valence-corrected chi connectivity index (χ3v) is 4.22. The van der Waals surface area contributed by atoms with Crippen molar-refractivity contribution in [2.75, 3.05) is 37.6 Å². The van der Waals surface area contributed by atoms with Gasteiger partial charge in [0, 0.05) is 42.8 Å². The molecular weight excluding hydrogens is 330 g/mol. The molecule has 0 radical (unpaired) electrons. The summed E-state index contributed by atoms with van der Waals surface area (Å²) in [6, 6.07) is 7.60. The maximum Gasteiger partial charge on any atom is 0.288 e. The predicted octanol–water partition coefficient (Wildman–Crippen LogP) is 1.33. The first-order valence-corrected chi connectivity index (χ1v) is 8.36. The average Bonchev–Trinajstić information content (AvgIpc) is 2.59. The molecule has 2 rings (SSSR count). The molecule has 130 valence electrons. The summed E-state index contributed by atoms with van der Waals surface area (Å²) in [5.41, 5.74) is 1.07. The smallest absolute Gasteiger partial charge is 0.288 e. The van der Waals surface area contributed by atoms with Crippen molar-refractivity contribution < 1.29 is 14.4 Å². The van der Waals surface area contributed by atoms with Crippen molar-refractivity contribution in [3.05, 3.63) is 29.3 Å². The van der Waals surface area contributed by atoms with Gasteiger partial charge in [0.05, 0.1) is 6.54 Å². The number of Topliss-reactive ketones (excluding diaryl/α,β-unsaturated/α-hetero) is 1. The lowest BCUT2D eigenvalue weighted by molar-refractivity contribution is -0.141. The van der Waals surface area contributed by atoms with Crippen LogP contribution in [0.2, 0.25) is 5.02 Å². The minimum atomic E-state index is -0.696. The molecule has 1 fully saturated rings. The zero-order chi connectivity index (χ0) is 17.7. The molecule has 2 amide bonds. The van der Waals surface area contributed by atoms with Gasteiger partial charge in [-0.05, 0) is 24.3 Å². The molecule has 0 atom stereocenters. The Hall–Kier alpha value is -2.08. The van der Waals surface area contributed by atoms with Gasteiger partial charge in [0.15, 0.2) is 0 Å². The molecule has 1 saturated heterocycles. The van der Waals surface area contributed by atoms with Gasteiger partial charge in [-0.2, -0.15) is 0 Å². The van der Waals surface area contributed by atoms with Gasteiger partial charge in [0.1, 0.15) is 0 Å². The Bertz CT molecular complexity index is 608.